The largest absolute Gasteiger partial charge is 0.507 e. The fraction of sp³-hybridized carbons (Fsp3) is 0.323. The first-order valence-electron chi connectivity index (χ1n) is 13.3. The van der Waals surface area contributed by atoms with Crippen LogP contribution in [0.25, 0.3) is 11.6 Å². The third-order valence-corrected chi connectivity index (χ3v) is 8.98. The number of para-hydroxylation sites is 1. The zero-order valence-electron chi connectivity index (χ0n) is 21.4. The monoisotopic (exact) mass is 542 g/mol. The number of hydrogen-bond acceptors (Lipinski definition) is 7. The van der Waals surface area contributed by atoms with Crippen molar-refractivity contribution in [3.63, 3.8) is 0 Å². The Labute approximate surface area is 231 Å². The van der Waals surface area contributed by atoms with Crippen molar-refractivity contribution in [3.8, 4) is 5.75 Å². The van der Waals surface area contributed by atoms with E-state index in [0.29, 0.717) is 38.0 Å². The van der Waals surface area contributed by atoms with E-state index in [1.807, 2.05) is 53.9 Å². The summed E-state index contributed by atoms with van der Waals surface area (Å²) in [6.07, 6.45) is 5.07. The molecule has 2 N–H and O–H groups in total. The van der Waals surface area contributed by atoms with Crippen LogP contribution in [0.1, 0.15) is 35.4 Å². The maximum absolute atomic E-state index is 13.5. The van der Waals surface area contributed by atoms with E-state index in [-0.39, 0.29) is 36.2 Å². The Balaban J connectivity index is 1.25. The van der Waals surface area contributed by atoms with E-state index >= 15 is 0 Å². The molecule has 6 rings (SSSR count). The van der Waals surface area contributed by atoms with Crippen LogP contribution in [0.5, 0.6) is 5.75 Å². The summed E-state index contributed by atoms with van der Waals surface area (Å²) in [6.45, 7) is 0.508. The van der Waals surface area contributed by atoms with Crippen molar-refractivity contribution in [2.75, 3.05) is 13.2 Å². The number of aromatic hydroxyl groups is 1. The molecular formula is C31H30N2O5S. The van der Waals surface area contributed by atoms with E-state index in [1.54, 1.807) is 18.3 Å². The Kier molecular flexibility index (Phi) is 7.16. The standard InChI is InChI=1S/C31H30N2O5S/c34-17-21-15-23-29(31(37)33(30(23)36)16-22-7-5-13-39-22)24-18-38-27(28(21)24)11-10-19(25-8-3-4-12-32-25)14-20-6-1-2-9-26(20)35/h1-9,12-14,23-24,27,29,34-35H,10-11,15-18H2/b19-14-/t23-,24+,27-,29-/m1/s1. The van der Waals surface area contributed by atoms with E-state index in [9.17, 15) is 19.8 Å². The van der Waals surface area contributed by atoms with Crippen LogP contribution in [0, 0.1) is 17.8 Å². The van der Waals surface area contributed by atoms with Gasteiger partial charge >= 0.3 is 0 Å². The van der Waals surface area contributed by atoms with E-state index in [2.05, 4.69) is 4.98 Å². The smallest absolute Gasteiger partial charge is 0.234 e. The molecule has 7 nitrogen and oxygen atoms in total. The summed E-state index contributed by atoms with van der Waals surface area (Å²) < 4.78 is 6.28. The molecule has 200 valence electrons. The number of thiophene rings is 1. The molecule has 4 heterocycles. The van der Waals surface area contributed by atoms with Crippen LogP contribution in [0.15, 0.2) is 77.3 Å². The van der Waals surface area contributed by atoms with Crippen LogP contribution >= 0.6 is 11.3 Å². The number of aliphatic hydroxyl groups excluding tert-OH is 1. The summed E-state index contributed by atoms with van der Waals surface area (Å²) in [7, 11) is 0. The molecule has 0 saturated carbocycles. The van der Waals surface area contributed by atoms with Crippen molar-refractivity contribution >= 4 is 34.8 Å². The number of fused-ring (bicyclic) bond motifs is 3. The highest BCUT2D eigenvalue weighted by molar-refractivity contribution is 7.09. The number of phenols is 1. The van der Waals surface area contributed by atoms with Gasteiger partial charge in [-0.05, 0) is 71.7 Å². The molecule has 4 atom stereocenters. The van der Waals surface area contributed by atoms with Crippen molar-refractivity contribution in [1.29, 1.82) is 0 Å². The summed E-state index contributed by atoms with van der Waals surface area (Å²) >= 11 is 1.53. The average Bonchev–Trinajstić information content (AvgIpc) is 3.68. The van der Waals surface area contributed by atoms with Gasteiger partial charge in [-0.15, -0.1) is 11.3 Å². The number of benzene rings is 1. The topological polar surface area (TPSA) is 100.0 Å². The maximum Gasteiger partial charge on any atom is 0.234 e. The maximum atomic E-state index is 13.5. The van der Waals surface area contributed by atoms with Crippen LogP contribution < -0.4 is 0 Å². The summed E-state index contributed by atoms with van der Waals surface area (Å²) in [5.74, 6) is -1.17. The number of carbonyl (C=O) groups excluding carboxylic acids is 2. The number of rotatable bonds is 8. The molecule has 0 bridgehead atoms. The van der Waals surface area contributed by atoms with Crippen LogP contribution in [-0.4, -0.2) is 51.2 Å². The number of ether oxygens (including phenoxy) is 1. The first-order chi connectivity index (χ1) is 19.0. The highest BCUT2D eigenvalue weighted by Crippen LogP contribution is 2.50. The van der Waals surface area contributed by atoms with Gasteiger partial charge in [-0.1, -0.05) is 30.3 Å². The second-order valence-electron chi connectivity index (χ2n) is 10.3. The molecule has 2 fully saturated rings. The second-order valence-corrected chi connectivity index (χ2v) is 11.3. The molecule has 3 aliphatic rings. The second kappa shape index (κ2) is 10.9. The zero-order valence-corrected chi connectivity index (χ0v) is 22.2. The van der Waals surface area contributed by atoms with Crippen LogP contribution in [0.2, 0.25) is 0 Å². The SMILES string of the molecule is O=C1[C@@H]2[C@@H](CC(CO)=C3[C@@H](CC/C(=C/c4ccccc4O)c4ccccn4)OC[C@@H]32)C(=O)N1Cc1cccs1. The van der Waals surface area contributed by atoms with Crippen molar-refractivity contribution in [1.82, 2.24) is 9.88 Å². The fourth-order valence-electron chi connectivity index (χ4n) is 6.31. The lowest BCUT2D eigenvalue weighted by Crippen LogP contribution is -2.34. The highest BCUT2D eigenvalue weighted by atomic mass is 32.1. The van der Waals surface area contributed by atoms with Gasteiger partial charge in [-0.3, -0.25) is 19.5 Å². The Bertz CT molecular complexity index is 1430. The Hall–Kier alpha value is -3.59. The molecule has 1 aliphatic carbocycles. The molecular weight excluding hydrogens is 512 g/mol. The zero-order chi connectivity index (χ0) is 26.9. The summed E-state index contributed by atoms with van der Waals surface area (Å²) in [6, 6.07) is 16.8. The summed E-state index contributed by atoms with van der Waals surface area (Å²) in [4.78, 5) is 33.8. The molecule has 2 aromatic heterocycles. The molecule has 2 saturated heterocycles. The van der Waals surface area contributed by atoms with Gasteiger partial charge in [-0.25, -0.2) is 0 Å². The molecule has 0 spiro atoms. The van der Waals surface area contributed by atoms with Gasteiger partial charge in [0.15, 0.2) is 0 Å². The number of aromatic nitrogens is 1. The molecule has 0 unspecified atom stereocenters. The minimum Gasteiger partial charge on any atom is -0.507 e. The lowest BCUT2D eigenvalue weighted by molar-refractivity contribution is -0.140. The predicted molar refractivity (Wildman–Crippen MR) is 148 cm³/mol. The minimum atomic E-state index is -0.445. The first kappa shape index (κ1) is 25.7. The van der Waals surface area contributed by atoms with Crippen molar-refractivity contribution in [2.45, 2.75) is 31.9 Å². The quantitative estimate of drug-likeness (QED) is 0.317. The molecule has 39 heavy (non-hydrogen) atoms. The van der Waals surface area contributed by atoms with Gasteiger partial charge in [0, 0.05) is 22.6 Å². The molecule has 2 aliphatic heterocycles. The molecule has 1 aromatic carbocycles. The van der Waals surface area contributed by atoms with Gasteiger partial charge in [-0.2, -0.15) is 0 Å². The van der Waals surface area contributed by atoms with Crippen molar-refractivity contribution in [2.24, 2.45) is 17.8 Å². The van der Waals surface area contributed by atoms with Gasteiger partial charge in [0.05, 0.1) is 43.4 Å². The summed E-state index contributed by atoms with van der Waals surface area (Å²) in [5.41, 5.74) is 4.29. The normalized spacial score (nSPS) is 24.8. The number of aliphatic hydroxyl groups is 1. The average molecular weight is 543 g/mol. The van der Waals surface area contributed by atoms with Crippen LogP contribution in [-0.2, 0) is 20.9 Å². The molecule has 3 aromatic rings. The minimum absolute atomic E-state index is 0.129. The summed E-state index contributed by atoms with van der Waals surface area (Å²) in [5, 5.41) is 22.6. The Morgan fingerprint density at radius 2 is 1.92 bits per heavy atom. The highest BCUT2D eigenvalue weighted by Gasteiger charge is 2.56. The third-order valence-electron chi connectivity index (χ3n) is 8.12. The lowest BCUT2D eigenvalue weighted by atomic mass is 9.69. The fourth-order valence-corrected chi connectivity index (χ4v) is 7.00. The molecule has 0 radical (unpaired) electrons. The van der Waals surface area contributed by atoms with E-state index < -0.39 is 11.8 Å². The van der Waals surface area contributed by atoms with Gasteiger partial charge in [0.25, 0.3) is 0 Å². The third kappa shape index (κ3) is 4.84. The molecule has 2 amide bonds. The van der Waals surface area contributed by atoms with Crippen LogP contribution in [0.4, 0.5) is 0 Å². The first-order valence-corrected chi connectivity index (χ1v) is 14.1. The number of phenolic OH excluding ortho intramolecular Hbond substituents is 1. The number of hydrogen-bond donors (Lipinski definition) is 2. The number of carbonyl (C=O) groups is 2. The number of amides is 2. The number of likely N-dealkylation sites (tertiary alicyclic amines) is 1. The van der Waals surface area contributed by atoms with Gasteiger partial charge < -0.3 is 14.9 Å². The number of allylic oxidation sites excluding steroid dienone is 1. The van der Waals surface area contributed by atoms with Crippen molar-refractivity contribution in [3.05, 3.63) is 93.5 Å². The van der Waals surface area contributed by atoms with Crippen LogP contribution in [0.3, 0.4) is 0 Å². The van der Waals surface area contributed by atoms with Gasteiger partial charge in [0.1, 0.15) is 5.75 Å². The number of imide groups is 1. The van der Waals surface area contributed by atoms with Crippen molar-refractivity contribution < 1.29 is 24.5 Å². The Morgan fingerprint density at radius 1 is 1.08 bits per heavy atom. The van der Waals surface area contributed by atoms with Gasteiger partial charge in [0.2, 0.25) is 11.8 Å². The predicted octanol–water partition coefficient (Wildman–Crippen LogP) is 4.68. The van der Waals surface area contributed by atoms with E-state index in [4.69, 9.17) is 4.74 Å². The van der Waals surface area contributed by atoms with E-state index in [0.717, 1.165) is 27.3 Å². The lowest BCUT2D eigenvalue weighted by Gasteiger charge is -2.31. The Morgan fingerprint density at radius 3 is 2.67 bits per heavy atom. The molecule has 8 heteroatoms. The number of nitrogens with zero attached hydrogens (tertiary/aromatic N) is 2. The van der Waals surface area contributed by atoms with E-state index in [1.165, 1.54) is 16.2 Å². The number of pyridine rings is 1.